The average Bonchev–Trinajstić information content (AvgIpc) is 2.73. The average molecular weight is 432 g/mol. The Morgan fingerprint density at radius 2 is 1.81 bits per heavy atom. The molecule has 8 heteroatoms. The summed E-state index contributed by atoms with van der Waals surface area (Å²) in [5.74, 6) is 1.42. The van der Waals surface area contributed by atoms with Crippen molar-refractivity contribution in [2.45, 2.75) is 71.9 Å². The molecule has 1 heterocycles. The number of amides is 1. The van der Waals surface area contributed by atoms with E-state index >= 15 is 0 Å². The first-order valence-electron chi connectivity index (χ1n) is 11.3. The number of fused-ring (bicyclic) bond motifs is 1. The van der Waals surface area contributed by atoms with Crippen molar-refractivity contribution in [2.75, 3.05) is 13.2 Å². The molecule has 0 unspecified atom stereocenters. The van der Waals surface area contributed by atoms with E-state index in [9.17, 15) is 14.4 Å². The molecule has 2 atom stereocenters. The highest BCUT2D eigenvalue weighted by Gasteiger charge is 2.22. The molecule has 1 aromatic carbocycles. The van der Waals surface area contributed by atoms with Crippen LogP contribution in [-0.2, 0) is 11.3 Å². The fourth-order valence-electron chi connectivity index (χ4n) is 4.21. The Morgan fingerprint density at radius 3 is 2.48 bits per heavy atom. The van der Waals surface area contributed by atoms with Gasteiger partial charge in [0.2, 0.25) is 5.91 Å². The lowest BCUT2D eigenvalue weighted by Gasteiger charge is -2.29. The minimum Gasteiger partial charge on any atom is -0.490 e. The van der Waals surface area contributed by atoms with Crippen molar-refractivity contribution >= 4 is 16.8 Å². The Kier molecular flexibility index (Phi) is 7.76. The summed E-state index contributed by atoms with van der Waals surface area (Å²) in [5.41, 5.74) is -0.489. The van der Waals surface area contributed by atoms with Crippen LogP contribution in [0.5, 0.6) is 11.5 Å². The summed E-state index contributed by atoms with van der Waals surface area (Å²) in [6.45, 7) is 6.92. The van der Waals surface area contributed by atoms with E-state index in [-0.39, 0.29) is 24.9 Å². The number of nitrogens with one attached hydrogen (secondary N) is 2. The minimum absolute atomic E-state index is 0.0241. The van der Waals surface area contributed by atoms with Crippen LogP contribution in [0.2, 0.25) is 0 Å². The van der Waals surface area contributed by atoms with Gasteiger partial charge in [-0.25, -0.2) is 4.79 Å². The number of aromatic amines is 1. The van der Waals surface area contributed by atoms with Crippen molar-refractivity contribution in [2.24, 2.45) is 5.92 Å². The molecule has 31 heavy (non-hydrogen) atoms. The third-order valence-corrected chi connectivity index (χ3v) is 5.89. The normalized spacial score (nSPS) is 18.7. The SMILES string of the molecule is CCOc1cc2[nH]c(=O)n(CCCC(=O)N[C@@H]3CCCC[C@H]3C)c(=O)c2cc1OCC. The van der Waals surface area contributed by atoms with E-state index in [1.165, 1.54) is 6.42 Å². The Hall–Kier alpha value is -2.77. The van der Waals surface area contributed by atoms with Crippen molar-refractivity contribution in [3.63, 3.8) is 0 Å². The second kappa shape index (κ2) is 10.5. The molecule has 0 radical (unpaired) electrons. The first-order valence-corrected chi connectivity index (χ1v) is 11.3. The number of ether oxygens (including phenoxy) is 2. The molecule has 1 aliphatic carbocycles. The molecular weight excluding hydrogens is 398 g/mol. The highest BCUT2D eigenvalue weighted by Crippen LogP contribution is 2.30. The number of rotatable bonds is 9. The summed E-state index contributed by atoms with van der Waals surface area (Å²) in [6.07, 6.45) is 5.21. The van der Waals surface area contributed by atoms with Crippen LogP contribution in [0.3, 0.4) is 0 Å². The number of nitrogens with zero attached hydrogens (tertiary/aromatic N) is 1. The van der Waals surface area contributed by atoms with Gasteiger partial charge in [0.1, 0.15) is 0 Å². The van der Waals surface area contributed by atoms with Gasteiger partial charge in [0.25, 0.3) is 5.56 Å². The highest BCUT2D eigenvalue weighted by molar-refractivity contribution is 5.81. The van der Waals surface area contributed by atoms with Gasteiger partial charge in [-0.1, -0.05) is 19.8 Å². The maximum absolute atomic E-state index is 13.0. The lowest BCUT2D eigenvalue weighted by Crippen LogP contribution is -2.41. The zero-order chi connectivity index (χ0) is 22.4. The maximum Gasteiger partial charge on any atom is 0.328 e. The monoisotopic (exact) mass is 431 g/mol. The van der Waals surface area contributed by atoms with Gasteiger partial charge in [-0.15, -0.1) is 0 Å². The summed E-state index contributed by atoms with van der Waals surface area (Å²) in [6, 6.07) is 3.45. The number of benzene rings is 1. The summed E-state index contributed by atoms with van der Waals surface area (Å²) in [5, 5.41) is 3.46. The topological polar surface area (TPSA) is 102 Å². The van der Waals surface area contributed by atoms with Gasteiger partial charge in [-0.05, 0) is 45.1 Å². The van der Waals surface area contributed by atoms with Crippen LogP contribution >= 0.6 is 0 Å². The molecular formula is C23H33N3O5. The largest absolute Gasteiger partial charge is 0.490 e. The third-order valence-electron chi connectivity index (χ3n) is 5.89. The Bertz CT molecular complexity index is 1030. The van der Waals surface area contributed by atoms with Gasteiger partial charge in [-0.2, -0.15) is 0 Å². The van der Waals surface area contributed by atoms with Gasteiger partial charge in [0.15, 0.2) is 11.5 Å². The first kappa shape index (κ1) is 22.9. The molecule has 0 saturated heterocycles. The van der Waals surface area contributed by atoms with E-state index in [4.69, 9.17) is 9.47 Å². The molecule has 1 aliphatic rings. The summed E-state index contributed by atoms with van der Waals surface area (Å²) in [4.78, 5) is 40.5. The first-order chi connectivity index (χ1) is 14.9. The van der Waals surface area contributed by atoms with E-state index in [0.717, 1.165) is 23.8 Å². The fourth-order valence-corrected chi connectivity index (χ4v) is 4.21. The molecule has 2 N–H and O–H groups in total. The molecule has 2 aromatic rings. The van der Waals surface area contributed by atoms with Crippen LogP contribution in [0.4, 0.5) is 0 Å². The second-order valence-corrected chi connectivity index (χ2v) is 8.14. The van der Waals surface area contributed by atoms with Crippen molar-refractivity contribution < 1.29 is 14.3 Å². The van der Waals surface area contributed by atoms with Crippen molar-refractivity contribution in [1.82, 2.24) is 14.9 Å². The van der Waals surface area contributed by atoms with Gasteiger partial charge in [-0.3, -0.25) is 14.2 Å². The van der Waals surface area contributed by atoms with Crippen LogP contribution in [0, 0.1) is 5.92 Å². The van der Waals surface area contributed by atoms with Gasteiger partial charge in [0, 0.05) is 25.1 Å². The number of hydrogen-bond donors (Lipinski definition) is 2. The Morgan fingerprint density at radius 1 is 1.13 bits per heavy atom. The zero-order valence-corrected chi connectivity index (χ0v) is 18.7. The third kappa shape index (κ3) is 5.48. The van der Waals surface area contributed by atoms with Crippen molar-refractivity contribution in [1.29, 1.82) is 0 Å². The second-order valence-electron chi connectivity index (χ2n) is 8.14. The quantitative estimate of drug-likeness (QED) is 0.635. The van der Waals surface area contributed by atoms with Gasteiger partial charge in [0.05, 0.1) is 24.1 Å². The lowest BCUT2D eigenvalue weighted by molar-refractivity contribution is -0.122. The van der Waals surface area contributed by atoms with Crippen molar-refractivity contribution in [3.8, 4) is 11.5 Å². The molecule has 1 fully saturated rings. The van der Waals surface area contributed by atoms with Crippen LogP contribution in [0.15, 0.2) is 21.7 Å². The van der Waals surface area contributed by atoms with Crippen LogP contribution < -0.4 is 26.0 Å². The Labute approximate surface area is 181 Å². The van der Waals surface area contributed by atoms with Gasteiger partial charge >= 0.3 is 5.69 Å². The van der Waals surface area contributed by atoms with Gasteiger partial charge < -0.3 is 19.8 Å². The number of hydrogen-bond acceptors (Lipinski definition) is 5. The standard InChI is InChI=1S/C23H33N3O5/c1-4-30-19-13-16-18(14-20(19)31-5-2)25-23(29)26(22(16)28)12-8-11-21(27)24-17-10-7-6-9-15(17)3/h13-15,17H,4-12H2,1-3H3,(H,24,27)(H,25,29)/t15-,17-/m1/s1. The highest BCUT2D eigenvalue weighted by atomic mass is 16.5. The molecule has 1 aromatic heterocycles. The Balaban J connectivity index is 1.73. The van der Waals surface area contributed by atoms with Crippen molar-refractivity contribution in [3.05, 3.63) is 33.0 Å². The molecule has 8 nitrogen and oxygen atoms in total. The number of carbonyl (C=O) groups excluding carboxylic acids is 1. The molecule has 170 valence electrons. The molecule has 1 amide bonds. The zero-order valence-electron chi connectivity index (χ0n) is 18.7. The van der Waals surface area contributed by atoms with Crippen LogP contribution in [0.1, 0.15) is 59.3 Å². The number of aromatic nitrogens is 2. The minimum atomic E-state index is -0.495. The van der Waals surface area contributed by atoms with Crippen LogP contribution in [-0.4, -0.2) is 34.7 Å². The number of H-pyrrole nitrogens is 1. The van der Waals surface area contributed by atoms with E-state index in [2.05, 4.69) is 17.2 Å². The smallest absolute Gasteiger partial charge is 0.328 e. The predicted molar refractivity (Wildman–Crippen MR) is 120 cm³/mol. The molecule has 0 spiro atoms. The van der Waals surface area contributed by atoms with Crippen LogP contribution in [0.25, 0.3) is 10.9 Å². The number of carbonyl (C=O) groups is 1. The summed E-state index contributed by atoms with van der Waals surface area (Å²) in [7, 11) is 0. The molecule has 0 bridgehead atoms. The molecule has 0 aliphatic heterocycles. The maximum atomic E-state index is 13.0. The van der Waals surface area contributed by atoms with E-state index in [1.807, 2.05) is 13.8 Å². The fraction of sp³-hybridized carbons (Fsp3) is 0.609. The summed E-state index contributed by atoms with van der Waals surface area (Å²) >= 11 is 0. The summed E-state index contributed by atoms with van der Waals surface area (Å²) < 4.78 is 12.3. The van der Waals surface area contributed by atoms with E-state index in [0.29, 0.717) is 48.0 Å². The lowest BCUT2D eigenvalue weighted by atomic mass is 9.86. The van der Waals surface area contributed by atoms with E-state index in [1.54, 1.807) is 12.1 Å². The molecule has 1 saturated carbocycles. The van der Waals surface area contributed by atoms with E-state index < -0.39 is 11.2 Å². The predicted octanol–water partition coefficient (Wildman–Crippen LogP) is 2.96. The molecule has 3 rings (SSSR count).